The third-order valence-corrected chi connectivity index (χ3v) is 3.18. The molecule has 1 aromatic heterocycles. The maximum atomic E-state index is 13.1. The van der Waals surface area contributed by atoms with E-state index in [0.29, 0.717) is 0 Å². The lowest BCUT2D eigenvalue weighted by molar-refractivity contribution is 0.629. The Hall–Kier alpha value is -2.36. The molecule has 0 bridgehead atoms. The topological polar surface area (TPSA) is 54.7 Å². The fraction of sp³-hybridized carbons (Fsp3) is 0.133. The molecule has 3 nitrogen and oxygen atoms in total. The summed E-state index contributed by atoms with van der Waals surface area (Å²) in [5.41, 5.74) is 9.32. The second-order valence-corrected chi connectivity index (χ2v) is 4.54. The zero-order chi connectivity index (χ0) is 13.2. The van der Waals surface area contributed by atoms with E-state index in [1.807, 2.05) is 24.3 Å². The van der Waals surface area contributed by atoms with Crippen LogP contribution in [0.4, 0.5) is 10.1 Å². The van der Waals surface area contributed by atoms with Crippen LogP contribution in [-0.4, -0.2) is 9.97 Å². The molecule has 0 saturated heterocycles. The summed E-state index contributed by atoms with van der Waals surface area (Å²) in [6.45, 7) is 0. The molecule has 0 spiro atoms. The molecule has 0 saturated carbocycles. The number of H-pyrrole nitrogens is 1. The van der Waals surface area contributed by atoms with Crippen LogP contribution in [0.1, 0.15) is 11.4 Å². The number of fused-ring (bicyclic) bond motifs is 1. The van der Waals surface area contributed by atoms with Gasteiger partial charge in [0.2, 0.25) is 0 Å². The van der Waals surface area contributed by atoms with Gasteiger partial charge >= 0.3 is 0 Å². The predicted molar refractivity (Wildman–Crippen MR) is 74.3 cm³/mol. The van der Waals surface area contributed by atoms with Gasteiger partial charge in [0, 0.05) is 12.1 Å². The number of nitrogens with one attached hydrogen (secondary N) is 1. The number of nitrogens with two attached hydrogens (primary N) is 1. The molecular formula is C15H14FN3. The molecule has 19 heavy (non-hydrogen) atoms. The molecule has 3 rings (SSSR count). The van der Waals surface area contributed by atoms with Gasteiger partial charge in [-0.05, 0) is 36.2 Å². The normalized spacial score (nSPS) is 11.0. The van der Waals surface area contributed by atoms with Crippen molar-refractivity contribution in [2.24, 2.45) is 0 Å². The number of hydrogen-bond donors (Lipinski definition) is 2. The van der Waals surface area contributed by atoms with Crippen LogP contribution in [0.15, 0.2) is 42.5 Å². The highest BCUT2D eigenvalue weighted by Gasteiger charge is 2.05. The Labute approximate surface area is 110 Å². The number of nitrogen functional groups attached to an aromatic ring is 1. The van der Waals surface area contributed by atoms with E-state index in [4.69, 9.17) is 5.73 Å². The van der Waals surface area contributed by atoms with E-state index in [-0.39, 0.29) is 5.82 Å². The van der Waals surface area contributed by atoms with Gasteiger partial charge in [-0.1, -0.05) is 18.2 Å². The fourth-order valence-corrected chi connectivity index (χ4v) is 2.17. The van der Waals surface area contributed by atoms with Crippen LogP contribution in [0.3, 0.4) is 0 Å². The SMILES string of the molecule is Nc1ccccc1CCc1nc2ccc(F)cc2[nH]1. The molecule has 0 atom stereocenters. The van der Waals surface area contributed by atoms with Gasteiger partial charge < -0.3 is 10.7 Å². The van der Waals surface area contributed by atoms with Crippen molar-refractivity contribution in [2.75, 3.05) is 5.73 Å². The van der Waals surface area contributed by atoms with Crippen molar-refractivity contribution >= 4 is 16.7 Å². The lowest BCUT2D eigenvalue weighted by Crippen LogP contribution is -1.97. The molecule has 3 N–H and O–H groups in total. The highest BCUT2D eigenvalue weighted by atomic mass is 19.1. The van der Waals surface area contributed by atoms with Crippen molar-refractivity contribution in [1.29, 1.82) is 0 Å². The summed E-state index contributed by atoms with van der Waals surface area (Å²) < 4.78 is 13.1. The van der Waals surface area contributed by atoms with Gasteiger partial charge in [0.1, 0.15) is 11.6 Å². The van der Waals surface area contributed by atoms with Gasteiger partial charge in [-0.2, -0.15) is 0 Å². The van der Waals surface area contributed by atoms with Gasteiger partial charge in [0.05, 0.1) is 11.0 Å². The molecule has 0 aliphatic heterocycles. The van der Waals surface area contributed by atoms with Crippen LogP contribution in [-0.2, 0) is 12.8 Å². The molecule has 96 valence electrons. The van der Waals surface area contributed by atoms with Crippen molar-refractivity contribution in [3.63, 3.8) is 0 Å². The van der Waals surface area contributed by atoms with E-state index in [1.54, 1.807) is 6.07 Å². The standard InChI is InChI=1S/C15H14FN3/c16-11-6-7-13-14(9-11)19-15(18-13)8-5-10-3-1-2-4-12(10)17/h1-4,6-7,9H,5,8,17H2,(H,18,19). The minimum atomic E-state index is -0.255. The van der Waals surface area contributed by atoms with Crippen molar-refractivity contribution in [3.8, 4) is 0 Å². The first-order valence-corrected chi connectivity index (χ1v) is 6.20. The lowest BCUT2D eigenvalue weighted by Gasteiger charge is -2.03. The molecule has 0 unspecified atom stereocenters. The van der Waals surface area contributed by atoms with Crippen LogP contribution in [0, 0.1) is 5.82 Å². The Balaban J connectivity index is 1.80. The number of rotatable bonds is 3. The smallest absolute Gasteiger partial charge is 0.125 e. The molecule has 0 radical (unpaired) electrons. The van der Waals surface area contributed by atoms with Crippen LogP contribution < -0.4 is 5.73 Å². The highest BCUT2D eigenvalue weighted by Crippen LogP contribution is 2.16. The fourth-order valence-electron chi connectivity index (χ4n) is 2.17. The van der Waals surface area contributed by atoms with Gasteiger partial charge in [-0.3, -0.25) is 0 Å². The van der Waals surface area contributed by atoms with Crippen LogP contribution in [0.25, 0.3) is 11.0 Å². The molecular weight excluding hydrogens is 241 g/mol. The zero-order valence-corrected chi connectivity index (χ0v) is 10.4. The number of benzene rings is 2. The average molecular weight is 255 g/mol. The Morgan fingerprint density at radius 2 is 1.95 bits per heavy atom. The number of para-hydroxylation sites is 1. The average Bonchev–Trinajstić information content (AvgIpc) is 2.79. The Morgan fingerprint density at radius 1 is 1.11 bits per heavy atom. The summed E-state index contributed by atoms with van der Waals surface area (Å²) in [7, 11) is 0. The summed E-state index contributed by atoms with van der Waals surface area (Å²) in [6.07, 6.45) is 1.57. The van der Waals surface area contributed by atoms with Gasteiger partial charge in [-0.15, -0.1) is 0 Å². The number of hydrogen-bond acceptors (Lipinski definition) is 2. The summed E-state index contributed by atoms with van der Waals surface area (Å²) in [5.74, 6) is 0.596. The quantitative estimate of drug-likeness (QED) is 0.707. The van der Waals surface area contributed by atoms with E-state index in [0.717, 1.165) is 41.0 Å². The number of nitrogens with zero attached hydrogens (tertiary/aromatic N) is 1. The third kappa shape index (κ3) is 2.42. The number of anilines is 1. The number of imidazole rings is 1. The molecule has 3 aromatic rings. The van der Waals surface area contributed by atoms with Gasteiger partial charge in [-0.25, -0.2) is 9.37 Å². The van der Waals surface area contributed by atoms with E-state index < -0.39 is 0 Å². The summed E-state index contributed by atoms with van der Waals surface area (Å²) >= 11 is 0. The number of aromatic amines is 1. The summed E-state index contributed by atoms with van der Waals surface area (Å²) in [5, 5.41) is 0. The number of halogens is 1. The largest absolute Gasteiger partial charge is 0.399 e. The third-order valence-electron chi connectivity index (χ3n) is 3.18. The molecule has 0 aliphatic rings. The number of aromatic nitrogens is 2. The Morgan fingerprint density at radius 3 is 2.79 bits per heavy atom. The van der Waals surface area contributed by atoms with Crippen molar-refractivity contribution in [1.82, 2.24) is 9.97 Å². The van der Waals surface area contributed by atoms with Crippen LogP contribution in [0.5, 0.6) is 0 Å². The first kappa shape index (κ1) is 11.7. The van der Waals surface area contributed by atoms with Gasteiger partial charge in [0.15, 0.2) is 0 Å². The van der Waals surface area contributed by atoms with E-state index in [2.05, 4.69) is 9.97 Å². The molecule has 1 heterocycles. The minimum Gasteiger partial charge on any atom is -0.399 e. The summed E-state index contributed by atoms with van der Waals surface area (Å²) in [6, 6.07) is 12.4. The Kier molecular flexibility index (Phi) is 2.91. The Bertz CT molecular complexity index is 718. The van der Waals surface area contributed by atoms with Gasteiger partial charge in [0.25, 0.3) is 0 Å². The van der Waals surface area contributed by atoms with E-state index in [9.17, 15) is 4.39 Å². The maximum absolute atomic E-state index is 13.1. The number of aryl methyl sites for hydroxylation is 2. The zero-order valence-electron chi connectivity index (χ0n) is 10.4. The van der Waals surface area contributed by atoms with Crippen LogP contribution in [0.2, 0.25) is 0 Å². The maximum Gasteiger partial charge on any atom is 0.125 e. The van der Waals surface area contributed by atoms with E-state index in [1.165, 1.54) is 12.1 Å². The molecule has 0 fully saturated rings. The highest BCUT2D eigenvalue weighted by molar-refractivity contribution is 5.74. The monoisotopic (exact) mass is 255 g/mol. The summed E-state index contributed by atoms with van der Waals surface area (Å²) in [4.78, 5) is 7.57. The first-order valence-electron chi connectivity index (χ1n) is 6.20. The van der Waals surface area contributed by atoms with Crippen LogP contribution >= 0.6 is 0 Å². The minimum absolute atomic E-state index is 0.255. The predicted octanol–water partition coefficient (Wildman–Crippen LogP) is 3.07. The molecule has 0 aliphatic carbocycles. The molecule has 2 aromatic carbocycles. The molecule has 0 amide bonds. The second-order valence-electron chi connectivity index (χ2n) is 4.54. The second kappa shape index (κ2) is 4.72. The first-order chi connectivity index (χ1) is 9.22. The molecule has 4 heteroatoms. The van der Waals surface area contributed by atoms with Crippen molar-refractivity contribution in [2.45, 2.75) is 12.8 Å². The lowest BCUT2D eigenvalue weighted by atomic mass is 10.1. The van der Waals surface area contributed by atoms with E-state index >= 15 is 0 Å². The van der Waals surface area contributed by atoms with Crippen molar-refractivity contribution < 1.29 is 4.39 Å². The van der Waals surface area contributed by atoms with Crippen molar-refractivity contribution in [3.05, 3.63) is 59.7 Å².